The van der Waals surface area contributed by atoms with E-state index in [-0.39, 0.29) is 11.3 Å². The summed E-state index contributed by atoms with van der Waals surface area (Å²) in [6.07, 6.45) is -0.969. The normalized spacial score (nSPS) is 11.7. The first-order valence-corrected chi connectivity index (χ1v) is 4.73. The number of ether oxygens (including phenoxy) is 2. The molecule has 92 valence electrons. The molecule has 0 aromatic heterocycles. The molecule has 0 amide bonds. The second-order valence-electron chi connectivity index (χ2n) is 3.23. The van der Waals surface area contributed by atoms with Crippen LogP contribution < -0.4 is 4.74 Å². The second kappa shape index (κ2) is 5.29. The molecule has 0 aliphatic rings. The van der Waals surface area contributed by atoms with Crippen molar-refractivity contribution < 1.29 is 28.6 Å². The molecule has 1 N–H and O–H groups in total. The summed E-state index contributed by atoms with van der Waals surface area (Å²) in [4.78, 5) is 21.9. The SMILES string of the molecule is COC(=O)C(C)Oc1ccc(F)cc1C(=O)O. The minimum atomic E-state index is -1.34. The number of carboxylic acids is 1. The summed E-state index contributed by atoms with van der Waals surface area (Å²) in [5.41, 5.74) is -0.347. The molecule has 1 unspecified atom stereocenters. The maximum absolute atomic E-state index is 12.9. The van der Waals surface area contributed by atoms with E-state index in [9.17, 15) is 14.0 Å². The molecule has 0 saturated carbocycles. The zero-order valence-corrected chi connectivity index (χ0v) is 9.27. The summed E-state index contributed by atoms with van der Waals surface area (Å²) < 4.78 is 22.4. The van der Waals surface area contributed by atoms with Crippen LogP contribution in [-0.2, 0) is 9.53 Å². The molecule has 0 spiro atoms. The van der Waals surface area contributed by atoms with Gasteiger partial charge in [-0.05, 0) is 25.1 Å². The molecular formula is C11H11FO5. The third kappa shape index (κ3) is 3.17. The van der Waals surface area contributed by atoms with Crippen LogP contribution in [0.25, 0.3) is 0 Å². The minimum Gasteiger partial charge on any atom is -0.478 e. The lowest BCUT2D eigenvalue weighted by Gasteiger charge is -2.14. The number of rotatable bonds is 4. The Kier molecular flexibility index (Phi) is 4.03. The molecule has 1 atom stereocenters. The first-order chi connectivity index (χ1) is 7.95. The molecule has 0 aliphatic heterocycles. The van der Waals surface area contributed by atoms with E-state index in [4.69, 9.17) is 9.84 Å². The summed E-state index contributed by atoms with van der Waals surface area (Å²) in [6, 6.07) is 3.02. The Morgan fingerprint density at radius 3 is 2.59 bits per heavy atom. The summed E-state index contributed by atoms with van der Waals surface area (Å²) >= 11 is 0. The second-order valence-corrected chi connectivity index (χ2v) is 3.23. The zero-order chi connectivity index (χ0) is 13.0. The number of esters is 1. The summed E-state index contributed by atoms with van der Waals surface area (Å²) in [6.45, 7) is 1.40. The Balaban J connectivity index is 2.98. The standard InChI is InChI=1S/C11H11FO5/c1-6(11(15)16-2)17-9-4-3-7(12)5-8(9)10(13)14/h3-6H,1-2H3,(H,13,14). The maximum atomic E-state index is 12.9. The van der Waals surface area contributed by atoms with Gasteiger partial charge in [-0.15, -0.1) is 0 Å². The van der Waals surface area contributed by atoms with Crippen molar-refractivity contribution in [2.45, 2.75) is 13.0 Å². The van der Waals surface area contributed by atoms with E-state index in [2.05, 4.69) is 4.74 Å². The van der Waals surface area contributed by atoms with Crippen molar-refractivity contribution in [3.05, 3.63) is 29.6 Å². The zero-order valence-electron chi connectivity index (χ0n) is 9.27. The first kappa shape index (κ1) is 13.0. The Labute approximate surface area is 96.8 Å². The lowest BCUT2D eigenvalue weighted by atomic mass is 10.2. The van der Waals surface area contributed by atoms with Gasteiger partial charge in [0, 0.05) is 0 Å². The van der Waals surface area contributed by atoms with Crippen LogP contribution in [0.3, 0.4) is 0 Å². The number of halogens is 1. The summed E-state index contributed by atoms with van der Waals surface area (Å²) in [7, 11) is 1.19. The van der Waals surface area contributed by atoms with Crippen LogP contribution in [0.1, 0.15) is 17.3 Å². The van der Waals surface area contributed by atoms with E-state index in [1.165, 1.54) is 14.0 Å². The van der Waals surface area contributed by atoms with Gasteiger partial charge in [0.2, 0.25) is 0 Å². The van der Waals surface area contributed by atoms with Gasteiger partial charge in [-0.1, -0.05) is 0 Å². The van der Waals surface area contributed by atoms with Gasteiger partial charge in [-0.25, -0.2) is 14.0 Å². The molecule has 1 rings (SSSR count). The van der Waals surface area contributed by atoms with Gasteiger partial charge in [0.25, 0.3) is 0 Å². The van der Waals surface area contributed by atoms with Gasteiger partial charge in [-0.3, -0.25) is 0 Å². The third-order valence-corrected chi connectivity index (χ3v) is 2.01. The molecule has 6 heteroatoms. The maximum Gasteiger partial charge on any atom is 0.346 e. The largest absolute Gasteiger partial charge is 0.478 e. The van der Waals surface area contributed by atoms with Crippen molar-refractivity contribution in [2.75, 3.05) is 7.11 Å². The number of carboxylic acid groups (broad SMARTS) is 1. The Morgan fingerprint density at radius 2 is 2.06 bits per heavy atom. The van der Waals surface area contributed by atoms with Crippen LogP contribution in [0, 0.1) is 5.82 Å². The summed E-state index contributed by atoms with van der Waals surface area (Å²) in [5, 5.41) is 8.84. The Bertz CT molecular complexity index is 443. The van der Waals surface area contributed by atoms with Crippen molar-refractivity contribution >= 4 is 11.9 Å². The first-order valence-electron chi connectivity index (χ1n) is 4.73. The fourth-order valence-corrected chi connectivity index (χ4v) is 1.18. The molecule has 0 saturated heterocycles. The van der Waals surface area contributed by atoms with Gasteiger partial charge in [0.05, 0.1) is 7.11 Å². The molecular weight excluding hydrogens is 231 g/mol. The molecule has 1 aromatic carbocycles. The lowest BCUT2D eigenvalue weighted by molar-refractivity contribution is -0.147. The van der Waals surface area contributed by atoms with Crippen LogP contribution in [0.2, 0.25) is 0 Å². The van der Waals surface area contributed by atoms with E-state index < -0.39 is 23.9 Å². The van der Waals surface area contributed by atoms with Gasteiger partial charge in [0.15, 0.2) is 6.10 Å². The van der Waals surface area contributed by atoms with E-state index in [0.717, 1.165) is 18.2 Å². The van der Waals surface area contributed by atoms with Gasteiger partial charge in [0.1, 0.15) is 17.1 Å². The molecule has 0 heterocycles. The van der Waals surface area contributed by atoms with Crippen molar-refractivity contribution in [3.63, 3.8) is 0 Å². The molecule has 0 radical (unpaired) electrons. The molecule has 0 bridgehead atoms. The van der Waals surface area contributed by atoms with Crippen LogP contribution in [0.15, 0.2) is 18.2 Å². The highest BCUT2D eigenvalue weighted by Crippen LogP contribution is 2.21. The lowest BCUT2D eigenvalue weighted by Crippen LogP contribution is -2.25. The highest BCUT2D eigenvalue weighted by molar-refractivity contribution is 5.91. The smallest absolute Gasteiger partial charge is 0.346 e. The van der Waals surface area contributed by atoms with Gasteiger partial charge >= 0.3 is 11.9 Å². The van der Waals surface area contributed by atoms with Crippen molar-refractivity contribution in [1.82, 2.24) is 0 Å². The summed E-state index contributed by atoms with van der Waals surface area (Å²) in [5.74, 6) is -2.76. The topological polar surface area (TPSA) is 72.8 Å². The van der Waals surface area contributed by atoms with Crippen LogP contribution in [-0.4, -0.2) is 30.3 Å². The van der Waals surface area contributed by atoms with Crippen molar-refractivity contribution in [2.24, 2.45) is 0 Å². The van der Waals surface area contributed by atoms with Gasteiger partial charge < -0.3 is 14.6 Å². The van der Waals surface area contributed by atoms with E-state index in [1.54, 1.807) is 0 Å². The van der Waals surface area contributed by atoms with Crippen LogP contribution in [0.5, 0.6) is 5.75 Å². The number of hydrogen-bond donors (Lipinski definition) is 1. The molecule has 0 fully saturated rings. The fraction of sp³-hybridized carbons (Fsp3) is 0.273. The number of carbonyl (C=O) groups is 2. The highest BCUT2D eigenvalue weighted by Gasteiger charge is 2.19. The number of benzene rings is 1. The fourth-order valence-electron chi connectivity index (χ4n) is 1.18. The Hall–Kier alpha value is -2.11. The average Bonchev–Trinajstić information content (AvgIpc) is 2.29. The number of hydrogen-bond acceptors (Lipinski definition) is 4. The Morgan fingerprint density at radius 1 is 1.41 bits per heavy atom. The van der Waals surface area contributed by atoms with E-state index in [1.807, 2.05) is 0 Å². The molecule has 17 heavy (non-hydrogen) atoms. The number of carbonyl (C=O) groups excluding carboxylic acids is 1. The minimum absolute atomic E-state index is 0.0863. The molecule has 5 nitrogen and oxygen atoms in total. The number of aromatic carboxylic acids is 1. The van der Waals surface area contributed by atoms with Gasteiger partial charge in [-0.2, -0.15) is 0 Å². The van der Waals surface area contributed by atoms with E-state index >= 15 is 0 Å². The quantitative estimate of drug-likeness (QED) is 0.809. The monoisotopic (exact) mass is 242 g/mol. The highest BCUT2D eigenvalue weighted by atomic mass is 19.1. The molecule has 1 aromatic rings. The van der Waals surface area contributed by atoms with E-state index in [0.29, 0.717) is 0 Å². The van der Waals surface area contributed by atoms with Crippen LogP contribution >= 0.6 is 0 Å². The predicted octanol–water partition coefficient (Wildman–Crippen LogP) is 1.46. The third-order valence-electron chi connectivity index (χ3n) is 2.01. The average molecular weight is 242 g/mol. The van der Waals surface area contributed by atoms with Crippen molar-refractivity contribution in [3.8, 4) is 5.75 Å². The predicted molar refractivity (Wildman–Crippen MR) is 55.5 cm³/mol. The molecule has 0 aliphatic carbocycles. The number of methoxy groups -OCH3 is 1. The van der Waals surface area contributed by atoms with Crippen molar-refractivity contribution in [1.29, 1.82) is 0 Å². The van der Waals surface area contributed by atoms with Crippen LogP contribution in [0.4, 0.5) is 4.39 Å².